The molecule has 24 heavy (non-hydrogen) atoms. The molecule has 1 atom stereocenters. The van der Waals surface area contributed by atoms with E-state index in [1.807, 2.05) is 18.5 Å². The first kappa shape index (κ1) is 16.5. The maximum Gasteiger partial charge on any atom is 0.317 e. The van der Waals surface area contributed by atoms with Gasteiger partial charge in [0.1, 0.15) is 6.54 Å². The predicted molar refractivity (Wildman–Crippen MR) is 93.3 cm³/mol. The summed E-state index contributed by atoms with van der Waals surface area (Å²) < 4.78 is 1.66. The highest BCUT2D eigenvalue weighted by Gasteiger charge is 2.28. The number of carbonyl (C=O) groups is 2. The van der Waals surface area contributed by atoms with Crippen LogP contribution in [-0.4, -0.2) is 52.8 Å². The Morgan fingerprint density at radius 1 is 1.46 bits per heavy atom. The number of anilines is 1. The summed E-state index contributed by atoms with van der Waals surface area (Å²) >= 11 is 1.68. The van der Waals surface area contributed by atoms with E-state index in [0.717, 1.165) is 5.69 Å². The van der Waals surface area contributed by atoms with E-state index in [1.54, 1.807) is 38.2 Å². The Balaban J connectivity index is 1.51. The summed E-state index contributed by atoms with van der Waals surface area (Å²) in [6.45, 7) is 3.74. The van der Waals surface area contributed by atoms with Crippen LogP contribution in [0.25, 0.3) is 0 Å². The Bertz CT molecular complexity index is 712. The van der Waals surface area contributed by atoms with E-state index in [0.29, 0.717) is 19.6 Å². The standard InChI is InChI=1S/C16H21N5O2S/c1-12(14-4-3-7-24-14)8-17-16(23)20-5-6-21(15(22)11-20)13-9-18-19(2)10-13/h3-4,7,9-10,12H,5-6,8,11H2,1-2H3,(H,17,23)/t12-/m0/s1. The third-order valence-corrected chi connectivity index (χ3v) is 5.20. The van der Waals surface area contributed by atoms with Crippen LogP contribution in [0.4, 0.5) is 10.5 Å². The van der Waals surface area contributed by atoms with Gasteiger partial charge < -0.3 is 15.1 Å². The lowest BCUT2D eigenvalue weighted by atomic mass is 10.1. The fraction of sp³-hybridized carbons (Fsp3) is 0.438. The largest absolute Gasteiger partial charge is 0.337 e. The maximum absolute atomic E-state index is 12.3. The molecule has 3 rings (SSSR count). The number of carbonyl (C=O) groups excluding carboxylic acids is 2. The second-order valence-electron chi connectivity index (χ2n) is 5.94. The molecule has 0 saturated carbocycles. The molecule has 0 aliphatic carbocycles. The van der Waals surface area contributed by atoms with Gasteiger partial charge in [-0.25, -0.2) is 4.79 Å². The highest BCUT2D eigenvalue weighted by atomic mass is 32.1. The van der Waals surface area contributed by atoms with E-state index in [2.05, 4.69) is 23.4 Å². The van der Waals surface area contributed by atoms with Crippen molar-refractivity contribution in [3.05, 3.63) is 34.8 Å². The zero-order valence-corrected chi connectivity index (χ0v) is 14.6. The molecule has 1 aliphatic heterocycles. The Morgan fingerprint density at radius 3 is 2.92 bits per heavy atom. The van der Waals surface area contributed by atoms with Crippen LogP contribution in [0.2, 0.25) is 0 Å². The van der Waals surface area contributed by atoms with E-state index in [9.17, 15) is 9.59 Å². The molecule has 1 aliphatic rings. The highest BCUT2D eigenvalue weighted by Crippen LogP contribution is 2.20. The van der Waals surface area contributed by atoms with Crippen LogP contribution in [0.1, 0.15) is 17.7 Å². The van der Waals surface area contributed by atoms with Gasteiger partial charge in [0, 0.05) is 43.7 Å². The Kier molecular flexibility index (Phi) is 4.84. The minimum absolute atomic E-state index is 0.0873. The van der Waals surface area contributed by atoms with Crippen molar-refractivity contribution in [3.63, 3.8) is 0 Å². The van der Waals surface area contributed by atoms with Gasteiger partial charge in [0.2, 0.25) is 5.91 Å². The average molecular weight is 347 g/mol. The van der Waals surface area contributed by atoms with E-state index in [1.165, 1.54) is 4.88 Å². The Hall–Kier alpha value is -2.35. The summed E-state index contributed by atoms with van der Waals surface area (Å²) in [7, 11) is 1.81. The molecule has 1 fully saturated rings. The van der Waals surface area contributed by atoms with Gasteiger partial charge >= 0.3 is 6.03 Å². The molecule has 128 valence electrons. The predicted octanol–water partition coefficient (Wildman–Crippen LogP) is 1.64. The smallest absolute Gasteiger partial charge is 0.317 e. The third kappa shape index (κ3) is 3.59. The van der Waals surface area contributed by atoms with Crippen LogP contribution in [0.15, 0.2) is 29.9 Å². The van der Waals surface area contributed by atoms with Crippen LogP contribution in [0.5, 0.6) is 0 Å². The third-order valence-electron chi connectivity index (χ3n) is 4.10. The lowest BCUT2D eigenvalue weighted by Crippen LogP contribution is -2.55. The van der Waals surface area contributed by atoms with Gasteiger partial charge in [0.15, 0.2) is 0 Å². The second kappa shape index (κ2) is 7.04. The minimum Gasteiger partial charge on any atom is -0.337 e. The second-order valence-corrected chi connectivity index (χ2v) is 6.92. The molecule has 0 bridgehead atoms. The Labute approximate surface area is 144 Å². The van der Waals surface area contributed by atoms with Gasteiger partial charge in [-0.2, -0.15) is 5.10 Å². The van der Waals surface area contributed by atoms with Gasteiger partial charge in [0.05, 0.1) is 11.9 Å². The zero-order valence-electron chi connectivity index (χ0n) is 13.8. The summed E-state index contributed by atoms with van der Waals surface area (Å²) in [6, 6.07) is 3.89. The van der Waals surface area contributed by atoms with Crippen molar-refractivity contribution in [1.82, 2.24) is 20.0 Å². The number of amides is 3. The van der Waals surface area contributed by atoms with E-state index >= 15 is 0 Å². The number of hydrogen-bond acceptors (Lipinski definition) is 4. The van der Waals surface area contributed by atoms with Gasteiger partial charge in [-0.05, 0) is 11.4 Å². The van der Waals surface area contributed by atoms with E-state index in [4.69, 9.17) is 0 Å². The molecule has 1 saturated heterocycles. The molecular weight excluding hydrogens is 326 g/mol. The topological polar surface area (TPSA) is 70.5 Å². The van der Waals surface area contributed by atoms with Crippen molar-refractivity contribution < 1.29 is 9.59 Å². The van der Waals surface area contributed by atoms with Gasteiger partial charge in [-0.15, -0.1) is 11.3 Å². The fourth-order valence-electron chi connectivity index (χ4n) is 2.69. The molecule has 0 aromatic carbocycles. The average Bonchev–Trinajstić information content (AvgIpc) is 3.23. The summed E-state index contributed by atoms with van der Waals surface area (Å²) in [5, 5.41) is 9.04. The number of thiophene rings is 1. The molecule has 7 nitrogen and oxygen atoms in total. The van der Waals surface area contributed by atoms with Crippen molar-refractivity contribution in [2.45, 2.75) is 12.8 Å². The first-order valence-electron chi connectivity index (χ1n) is 7.90. The van der Waals surface area contributed by atoms with Crippen LogP contribution in [0, 0.1) is 0 Å². The molecule has 2 aromatic heterocycles. The first-order valence-corrected chi connectivity index (χ1v) is 8.77. The molecule has 0 unspecified atom stereocenters. The highest BCUT2D eigenvalue weighted by molar-refractivity contribution is 7.10. The van der Waals surface area contributed by atoms with Crippen LogP contribution in [0.3, 0.4) is 0 Å². The monoisotopic (exact) mass is 347 g/mol. The molecule has 1 N–H and O–H groups in total. The number of hydrogen-bond donors (Lipinski definition) is 1. The molecular formula is C16H21N5O2S. The summed E-state index contributed by atoms with van der Waals surface area (Å²) in [6.07, 6.45) is 3.46. The molecule has 0 spiro atoms. The number of piperazine rings is 1. The van der Waals surface area contributed by atoms with Crippen molar-refractivity contribution in [2.75, 3.05) is 31.1 Å². The number of aromatic nitrogens is 2. The van der Waals surface area contributed by atoms with Gasteiger partial charge in [-0.1, -0.05) is 13.0 Å². The summed E-state index contributed by atoms with van der Waals surface area (Å²) in [5.74, 6) is 0.178. The fourth-order valence-corrected chi connectivity index (χ4v) is 3.48. The lowest BCUT2D eigenvalue weighted by Gasteiger charge is -2.33. The first-order chi connectivity index (χ1) is 11.5. The van der Waals surface area contributed by atoms with Crippen LogP contribution >= 0.6 is 11.3 Å². The van der Waals surface area contributed by atoms with Crippen LogP contribution < -0.4 is 10.2 Å². The quantitative estimate of drug-likeness (QED) is 0.914. The molecule has 0 radical (unpaired) electrons. The molecule has 2 aromatic rings. The number of nitrogens with one attached hydrogen (secondary N) is 1. The van der Waals surface area contributed by atoms with Crippen molar-refractivity contribution >= 4 is 29.0 Å². The van der Waals surface area contributed by atoms with E-state index in [-0.39, 0.29) is 24.4 Å². The minimum atomic E-state index is -0.183. The van der Waals surface area contributed by atoms with E-state index < -0.39 is 0 Å². The normalized spacial score (nSPS) is 16.3. The number of urea groups is 1. The van der Waals surface area contributed by atoms with Crippen molar-refractivity contribution in [2.24, 2.45) is 7.05 Å². The van der Waals surface area contributed by atoms with Crippen molar-refractivity contribution in [1.29, 1.82) is 0 Å². The van der Waals surface area contributed by atoms with Crippen LogP contribution in [-0.2, 0) is 11.8 Å². The SMILES string of the molecule is C[C@@H](CNC(=O)N1CCN(c2cnn(C)c2)C(=O)C1)c1cccs1. The maximum atomic E-state index is 12.3. The summed E-state index contributed by atoms with van der Waals surface area (Å²) in [5.41, 5.74) is 0.772. The number of rotatable bonds is 4. The number of nitrogens with zero attached hydrogens (tertiary/aromatic N) is 4. The zero-order chi connectivity index (χ0) is 17.1. The van der Waals surface area contributed by atoms with Gasteiger partial charge in [-0.3, -0.25) is 9.48 Å². The van der Waals surface area contributed by atoms with Crippen molar-refractivity contribution in [3.8, 4) is 0 Å². The van der Waals surface area contributed by atoms with Gasteiger partial charge in [0.25, 0.3) is 0 Å². The Morgan fingerprint density at radius 2 is 2.29 bits per heavy atom. The molecule has 3 amide bonds. The summed E-state index contributed by atoms with van der Waals surface area (Å²) in [4.78, 5) is 29.1. The molecule has 3 heterocycles. The number of aryl methyl sites for hydroxylation is 1. The lowest BCUT2D eigenvalue weighted by molar-refractivity contribution is -0.120. The molecule has 8 heteroatoms.